The van der Waals surface area contributed by atoms with E-state index in [1.165, 1.54) is 23.4 Å². The van der Waals surface area contributed by atoms with Crippen LogP contribution in [0.5, 0.6) is 0 Å². The molecule has 2 aromatic rings. The van der Waals surface area contributed by atoms with Gasteiger partial charge in [-0.2, -0.15) is 0 Å². The van der Waals surface area contributed by atoms with Gasteiger partial charge in [0.15, 0.2) is 0 Å². The van der Waals surface area contributed by atoms with E-state index in [4.69, 9.17) is 11.5 Å². The summed E-state index contributed by atoms with van der Waals surface area (Å²) < 4.78 is 0. The predicted octanol–water partition coefficient (Wildman–Crippen LogP) is -2.34. The van der Waals surface area contributed by atoms with Crippen molar-refractivity contribution >= 4 is 22.7 Å². The first-order chi connectivity index (χ1) is 47.2. The molecule has 0 fully saturated rings. The van der Waals surface area contributed by atoms with E-state index in [0.29, 0.717) is 19.0 Å². The van der Waals surface area contributed by atoms with Gasteiger partial charge in [0.05, 0.1) is 0 Å². The van der Waals surface area contributed by atoms with Crippen LogP contribution < -0.4 is 144 Å². The topological polar surface area (TPSA) is 356 Å². The van der Waals surface area contributed by atoms with Crippen LogP contribution in [0.15, 0.2) is 42.5 Å². The minimum absolute atomic E-state index is 0.0174. The first-order valence-corrected chi connectivity index (χ1v) is 36.1. The average molecular weight is 1390 g/mol. The minimum Gasteiger partial charge on any atom is -0.388 e. The van der Waals surface area contributed by atoms with E-state index in [1.807, 2.05) is 165 Å². The third kappa shape index (κ3) is 94.8. The number of aryl methyl sites for hydroxylation is 1. The van der Waals surface area contributed by atoms with Gasteiger partial charge in [0.1, 0.15) is 0 Å². The average Bonchev–Trinajstić information content (AvgIpc) is 1.30. The largest absolute Gasteiger partial charge is 0.388 e. The predicted molar refractivity (Wildman–Crippen MR) is 439 cm³/mol. The number of nitrogens with one attached hydrogen (secondary N) is 25. The molecule has 0 saturated heterocycles. The van der Waals surface area contributed by atoms with Crippen molar-refractivity contribution < 1.29 is 0 Å². The van der Waals surface area contributed by atoms with Crippen LogP contribution in [0.4, 0.5) is 22.7 Å². The summed E-state index contributed by atoms with van der Waals surface area (Å²) in [6.07, 6.45) is 2.29. The SMILES string of the molecule is CCNCCNCC.CCc1cc(NC)cc(NC)c1.CNCC(CN)(CN)CNC.CNCC(CNC)CNC.CNCCCNC.CNCCN(CCNC)CCNC.CNCCNCCNC.CNCCNCCNCCNC.CNCNC.CNc1ccc(NC)cc1. The Morgan fingerprint density at radius 2 is 0.608 bits per heavy atom. The molecule has 0 amide bonds. The van der Waals surface area contributed by atoms with E-state index >= 15 is 0 Å². The highest BCUT2D eigenvalue weighted by Gasteiger charge is 2.24. The van der Waals surface area contributed by atoms with Crippen molar-refractivity contribution in [1.29, 1.82) is 0 Å². The first-order valence-electron chi connectivity index (χ1n) is 36.1. The molecule has 2 rings (SSSR count). The monoisotopic (exact) mass is 1390 g/mol. The van der Waals surface area contributed by atoms with Crippen LogP contribution in [0, 0.1) is 11.3 Å². The Hall–Kier alpha value is -3.32. The van der Waals surface area contributed by atoms with E-state index in [2.05, 4.69) is 177 Å². The fourth-order valence-electron chi connectivity index (χ4n) is 7.95. The van der Waals surface area contributed by atoms with E-state index in [-0.39, 0.29) is 5.41 Å². The zero-order valence-electron chi connectivity index (χ0n) is 67.3. The van der Waals surface area contributed by atoms with Crippen LogP contribution in [0.2, 0.25) is 0 Å². The van der Waals surface area contributed by atoms with E-state index in [9.17, 15) is 0 Å². The number of anilines is 4. The van der Waals surface area contributed by atoms with Gasteiger partial charge in [-0.15, -0.1) is 0 Å². The Morgan fingerprint density at radius 3 is 0.825 bits per heavy atom. The van der Waals surface area contributed by atoms with Gasteiger partial charge in [-0.1, -0.05) is 20.8 Å². The highest BCUT2D eigenvalue weighted by molar-refractivity contribution is 5.58. The van der Waals surface area contributed by atoms with Crippen molar-refractivity contribution in [2.75, 3.05) is 359 Å². The summed E-state index contributed by atoms with van der Waals surface area (Å²) in [7, 11) is 39.0. The molecule has 97 heavy (non-hydrogen) atoms. The Labute approximate surface area is 600 Å². The molecule has 28 heteroatoms. The molecule has 0 radical (unpaired) electrons. The van der Waals surface area contributed by atoms with Crippen molar-refractivity contribution in [2.45, 2.75) is 33.6 Å². The number of nitrogens with zero attached hydrogens (tertiary/aromatic N) is 1. The molecule has 0 saturated carbocycles. The van der Waals surface area contributed by atoms with Crippen molar-refractivity contribution in [3.8, 4) is 0 Å². The molecule has 28 nitrogen and oxygen atoms in total. The van der Waals surface area contributed by atoms with Crippen LogP contribution in [0.3, 0.4) is 0 Å². The van der Waals surface area contributed by atoms with Gasteiger partial charge >= 0.3 is 0 Å². The van der Waals surface area contributed by atoms with Gasteiger partial charge in [0.25, 0.3) is 0 Å². The van der Waals surface area contributed by atoms with Crippen LogP contribution in [-0.2, 0) is 6.42 Å². The molecule has 2 aromatic carbocycles. The zero-order chi connectivity index (χ0) is 74.8. The van der Waals surface area contributed by atoms with E-state index < -0.39 is 0 Å². The number of hydrogen-bond donors (Lipinski definition) is 27. The maximum atomic E-state index is 5.63. The molecule has 0 aliphatic carbocycles. The van der Waals surface area contributed by atoms with Crippen molar-refractivity contribution in [3.63, 3.8) is 0 Å². The third-order valence-electron chi connectivity index (χ3n) is 13.8. The lowest BCUT2D eigenvalue weighted by molar-refractivity contribution is 0.279. The van der Waals surface area contributed by atoms with Crippen LogP contribution in [0.25, 0.3) is 0 Å². The summed E-state index contributed by atoms with van der Waals surface area (Å²) >= 11 is 0. The molecule has 0 aliphatic heterocycles. The van der Waals surface area contributed by atoms with Gasteiger partial charge in [-0.3, -0.25) is 4.90 Å². The van der Waals surface area contributed by atoms with Gasteiger partial charge in [0, 0.05) is 227 Å². The number of rotatable bonds is 52. The number of benzene rings is 2. The van der Waals surface area contributed by atoms with Crippen LogP contribution >= 0.6 is 0 Å². The first kappa shape index (κ1) is 110. The Bertz CT molecular complexity index is 1460. The maximum Gasteiger partial charge on any atom is 0.0449 e. The number of nitrogens with two attached hydrogens (primary N) is 2. The lowest BCUT2D eigenvalue weighted by atomic mass is 9.88. The molecule has 29 N–H and O–H groups in total. The molecule has 0 bridgehead atoms. The summed E-state index contributed by atoms with van der Waals surface area (Å²) in [4.78, 5) is 2.45. The highest BCUT2D eigenvalue weighted by Crippen LogP contribution is 2.18. The molecule has 0 heterocycles. The highest BCUT2D eigenvalue weighted by atomic mass is 15.2. The quantitative estimate of drug-likeness (QED) is 0.0244. The molecule has 0 atom stereocenters. The van der Waals surface area contributed by atoms with Crippen LogP contribution in [-0.4, -0.2) is 342 Å². The fourth-order valence-corrected chi connectivity index (χ4v) is 7.95. The maximum absolute atomic E-state index is 5.63. The van der Waals surface area contributed by atoms with Gasteiger partial charge in [0.2, 0.25) is 0 Å². The fraction of sp³-hybridized carbons (Fsp3) is 0.826. The zero-order valence-corrected chi connectivity index (χ0v) is 67.3. The lowest BCUT2D eigenvalue weighted by Gasteiger charge is -2.30. The molecule has 586 valence electrons. The van der Waals surface area contributed by atoms with Gasteiger partial charge < -0.3 is 144 Å². The van der Waals surface area contributed by atoms with Gasteiger partial charge in [-0.05, 0) is 206 Å². The summed E-state index contributed by atoms with van der Waals surface area (Å²) in [5.74, 6) is 0.694. The molecule has 0 unspecified atom stereocenters. The molecule has 0 aliphatic rings. The number of hydrogen-bond acceptors (Lipinski definition) is 28. The standard InChI is InChI=1S/C10H16N2.C9H24N4.C8H22N4.C8H12N2.C7H20N4.C7H19N3.C6H17N3.C6H16N2.C5H14N2.C3H10N2/c1-4-8-5-9(11-2)7-10(6-8)12-3;1-10-4-7-13(8-5-11-2)9-6-12-3;1-9-3-5-11-7-8-12-6-4-10-2;1-9-7-3-5-8(10-2)6-4-7;1-10-5-7(3-8,4-9)6-11-2;1-8-4-7(5-9-2)6-10-3;1-7-3-5-9-6-4-8-2;1-3-7-5-6-8-4-2;1-6-4-3-5-7-2;1-4-3-5-2/h5-7,11-12H,4H2,1-3H3;10-12H,4-9H2,1-3H3;9-12H,3-8H2,1-2H3;3-6,9-10H,1-2H3;10-11H,3-6,8-9H2,1-2H3;7-10H,4-6H2,1-3H3;7-9H,3-6H2,1-2H3;7-8H,3-6H2,1-2H3;6-7H,3-5H2,1-2H3;4-5H,3H2,1-2H3. The van der Waals surface area contributed by atoms with Crippen molar-refractivity contribution in [3.05, 3.63) is 48.0 Å². The van der Waals surface area contributed by atoms with Crippen molar-refractivity contribution in [2.24, 2.45) is 22.8 Å². The second kappa shape index (κ2) is 101. The summed E-state index contributed by atoms with van der Waals surface area (Å²) in [5, 5.41) is 78.1. The summed E-state index contributed by atoms with van der Waals surface area (Å²) in [5.41, 5.74) is 17.2. The summed E-state index contributed by atoms with van der Waals surface area (Å²) in [6.45, 7) is 37.0. The normalized spacial score (nSPS) is 10.2. The Morgan fingerprint density at radius 1 is 0.320 bits per heavy atom. The van der Waals surface area contributed by atoms with E-state index in [0.717, 1.165) is 201 Å². The lowest BCUT2D eigenvalue weighted by Crippen LogP contribution is -2.50. The molecule has 0 aromatic heterocycles. The minimum atomic E-state index is 0.0174. The third-order valence-corrected chi connectivity index (χ3v) is 13.8. The van der Waals surface area contributed by atoms with E-state index in [1.54, 1.807) is 0 Å². The second-order valence-electron chi connectivity index (χ2n) is 22.3. The summed E-state index contributed by atoms with van der Waals surface area (Å²) in [6, 6.07) is 14.6. The molecular formula is C69H170N28. The van der Waals surface area contributed by atoms with Crippen molar-refractivity contribution in [1.82, 2.24) is 117 Å². The second-order valence-corrected chi connectivity index (χ2v) is 22.3. The Balaban J connectivity index is -0.000000152. The molecular weight excluding hydrogens is 1220 g/mol. The Kier molecular flexibility index (Phi) is 115. The smallest absolute Gasteiger partial charge is 0.0449 e. The van der Waals surface area contributed by atoms with Gasteiger partial charge in [-0.25, -0.2) is 0 Å². The molecule has 0 spiro atoms. The van der Waals surface area contributed by atoms with Crippen LogP contribution in [0.1, 0.15) is 32.8 Å². The number of likely N-dealkylation sites (N-methyl/N-ethyl adjacent to an activating group) is 9.